The Morgan fingerprint density at radius 1 is 1.19 bits per heavy atom. The molecule has 2 aromatic rings. The summed E-state index contributed by atoms with van der Waals surface area (Å²) >= 11 is 3.42. The molecule has 21 heavy (non-hydrogen) atoms. The number of carbonyl (C=O) groups is 1. The average Bonchev–Trinajstić information content (AvgIpc) is 2.48. The molecule has 0 aliphatic heterocycles. The summed E-state index contributed by atoms with van der Waals surface area (Å²) in [6.45, 7) is 5.77. The number of benzene rings is 2. The van der Waals surface area contributed by atoms with E-state index in [9.17, 15) is 4.79 Å². The smallest absolute Gasteiger partial charge is 0.256 e. The van der Waals surface area contributed by atoms with Gasteiger partial charge in [-0.2, -0.15) is 0 Å². The molecule has 0 unspecified atom stereocenters. The van der Waals surface area contributed by atoms with E-state index < -0.39 is 0 Å². The SMILES string of the molecule is CCNCc1cccc(NC(=O)c2cc(C)ccc2Br)c1. The number of hydrogen-bond acceptors (Lipinski definition) is 2. The van der Waals surface area contributed by atoms with Crippen LogP contribution in [0.4, 0.5) is 5.69 Å². The van der Waals surface area contributed by atoms with Crippen LogP contribution in [0.2, 0.25) is 0 Å². The number of anilines is 1. The van der Waals surface area contributed by atoms with Crippen LogP contribution in [-0.4, -0.2) is 12.5 Å². The number of carbonyl (C=O) groups excluding carboxylic acids is 1. The van der Waals surface area contributed by atoms with Crippen molar-refractivity contribution in [2.45, 2.75) is 20.4 Å². The topological polar surface area (TPSA) is 41.1 Å². The zero-order valence-corrected chi connectivity index (χ0v) is 13.8. The first-order valence-electron chi connectivity index (χ1n) is 6.97. The predicted molar refractivity (Wildman–Crippen MR) is 90.7 cm³/mol. The highest BCUT2D eigenvalue weighted by Gasteiger charge is 2.10. The first kappa shape index (κ1) is 15.7. The lowest BCUT2D eigenvalue weighted by Crippen LogP contribution is -2.14. The quantitative estimate of drug-likeness (QED) is 0.854. The molecule has 0 atom stereocenters. The van der Waals surface area contributed by atoms with Gasteiger partial charge in [-0.1, -0.05) is 30.7 Å². The van der Waals surface area contributed by atoms with Crippen LogP contribution in [0.3, 0.4) is 0 Å². The van der Waals surface area contributed by atoms with E-state index in [1.54, 1.807) is 0 Å². The fraction of sp³-hybridized carbons (Fsp3) is 0.235. The Kier molecular flexibility index (Phi) is 5.53. The van der Waals surface area contributed by atoms with E-state index in [0.717, 1.165) is 34.4 Å². The summed E-state index contributed by atoms with van der Waals surface area (Å²) in [4.78, 5) is 12.4. The molecule has 0 heterocycles. The number of hydrogen-bond donors (Lipinski definition) is 2. The summed E-state index contributed by atoms with van der Waals surface area (Å²) in [6.07, 6.45) is 0. The monoisotopic (exact) mass is 346 g/mol. The Bertz CT molecular complexity index is 640. The standard InChI is InChI=1S/C17H19BrN2O/c1-3-19-11-13-5-4-6-14(10-13)20-17(21)15-9-12(2)7-8-16(15)18/h4-10,19H,3,11H2,1-2H3,(H,20,21). The van der Waals surface area contributed by atoms with Crippen LogP contribution in [-0.2, 0) is 6.54 Å². The molecule has 0 saturated carbocycles. The molecule has 0 bridgehead atoms. The number of amides is 1. The Hall–Kier alpha value is -1.65. The van der Waals surface area contributed by atoms with Crippen LogP contribution in [0.25, 0.3) is 0 Å². The summed E-state index contributed by atoms with van der Waals surface area (Å²) < 4.78 is 0.800. The van der Waals surface area contributed by atoms with Crippen molar-refractivity contribution in [1.82, 2.24) is 5.32 Å². The molecule has 0 spiro atoms. The highest BCUT2D eigenvalue weighted by molar-refractivity contribution is 9.10. The maximum absolute atomic E-state index is 12.4. The van der Waals surface area contributed by atoms with Crippen LogP contribution in [0.1, 0.15) is 28.4 Å². The van der Waals surface area contributed by atoms with Crippen LogP contribution >= 0.6 is 15.9 Å². The van der Waals surface area contributed by atoms with Gasteiger partial charge in [0, 0.05) is 16.7 Å². The van der Waals surface area contributed by atoms with Gasteiger partial charge in [0.1, 0.15) is 0 Å². The van der Waals surface area contributed by atoms with Crippen LogP contribution < -0.4 is 10.6 Å². The van der Waals surface area contributed by atoms with Gasteiger partial charge in [0.05, 0.1) is 5.56 Å². The maximum atomic E-state index is 12.4. The Morgan fingerprint density at radius 3 is 2.76 bits per heavy atom. The van der Waals surface area contributed by atoms with Gasteiger partial charge < -0.3 is 10.6 Å². The second-order valence-electron chi connectivity index (χ2n) is 4.92. The molecule has 0 aromatic heterocycles. The summed E-state index contributed by atoms with van der Waals surface area (Å²) in [7, 11) is 0. The third kappa shape index (κ3) is 4.41. The Balaban J connectivity index is 2.14. The highest BCUT2D eigenvalue weighted by Crippen LogP contribution is 2.20. The molecule has 110 valence electrons. The molecular weight excluding hydrogens is 328 g/mol. The molecule has 0 saturated heterocycles. The fourth-order valence-corrected chi connectivity index (χ4v) is 2.47. The van der Waals surface area contributed by atoms with Gasteiger partial charge in [0.2, 0.25) is 0 Å². The predicted octanol–water partition coefficient (Wildman–Crippen LogP) is 4.12. The summed E-state index contributed by atoms with van der Waals surface area (Å²) in [5.74, 6) is -0.105. The van der Waals surface area contributed by atoms with Gasteiger partial charge in [-0.15, -0.1) is 0 Å². The molecule has 0 aliphatic rings. The Labute approximate surface area is 133 Å². The van der Waals surface area contributed by atoms with E-state index in [1.807, 2.05) is 49.4 Å². The summed E-state index contributed by atoms with van der Waals surface area (Å²) in [5.41, 5.74) is 3.66. The van der Waals surface area contributed by atoms with Crippen LogP contribution in [0.5, 0.6) is 0 Å². The van der Waals surface area contributed by atoms with Gasteiger partial charge in [0.25, 0.3) is 5.91 Å². The van der Waals surface area contributed by atoms with Crippen molar-refractivity contribution >= 4 is 27.5 Å². The molecular formula is C17H19BrN2O. The number of rotatable bonds is 5. The fourth-order valence-electron chi connectivity index (χ4n) is 2.04. The molecule has 2 N–H and O–H groups in total. The van der Waals surface area contributed by atoms with Crippen LogP contribution in [0, 0.1) is 6.92 Å². The zero-order valence-electron chi connectivity index (χ0n) is 12.2. The minimum atomic E-state index is -0.105. The average molecular weight is 347 g/mol. The number of nitrogens with one attached hydrogen (secondary N) is 2. The lowest BCUT2D eigenvalue weighted by Gasteiger charge is -2.09. The van der Waals surface area contributed by atoms with Crippen molar-refractivity contribution in [3.8, 4) is 0 Å². The van der Waals surface area contributed by atoms with Gasteiger partial charge in [-0.05, 0) is 59.2 Å². The molecule has 2 rings (SSSR count). The van der Waals surface area contributed by atoms with Gasteiger partial charge in [-0.25, -0.2) is 0 Å². The van der Waals surface area contributed by atoms with E-state index in [-0.39, 0.29) is 5.91 Å². The van der Waals surface area contributed by atoms with E-state index in [1.165, 1.54) is 0 Å². The van der Waals surface area contributed by atoms with Gasteiger partial charge in [0.15, 0.2) is 0 Å². The van der Waals surface area contributed by atoms with Gasteiger partial charge in [-0.3, -0.25) is 4.79 Å². The molecule has 1 amide bonds. The lowest BCUT2D eigenvalue weighted by atomic mass is 10.1. The minimum absolute atomic E-state index is 0.105. The van der Waals surface area contributed by atoms with Gasteiger partial charge >= 0.3 is 0 Å². The molecule has 0 aliphatic carbocycles. The second kappa shape index (κ2) is 7.38. The van der Waals surface area contributed by atoms with Crippen LogP contribution in [0.15, 0.2) is 46.9 Å². The van der Waals surface area contributed by atoms with Crippen molar-refractivity contribution in [2.24, 2.45) is 0 Å². The third-order valence-electron chi connectivity index (χ3n) is 3.13. The minimum Gasteiger partial charge on any atom is -0.322 e. The first-order valence-corrected chi connectivity index (χ1v) is 7.76. The van der Waals surface area contributed by atoms with E-state index in [0.29, 0.717) is 5.56 Å². The first-order chi connectivity index (χ1) is 10.1. The molecule has 0 fully saturated rings. The summed E-state index contributed by atoms with van der Waals surface area (Å²) in [6, 6.07) is 13.6. The molecule has 4 heteroatoms. The maximum Gasteiger partial charge on any atom is 0.256 e. The number of halogens is 1. The molecule has 3 nitrogen and oxygen atoms in total. The van der Waals surface area contributed by atoms with Crippen molar-refractivity contribution in [3.63, 3.8) is 0 Å². The Morgan fingerprint density at radius 2 is 2.00 bits per heavy atom. The van der Waals surface area contributed by atoms with Crippen molar-refractivity contribution in [2.75, 3.05) is 11.9 Å². The summed E-state index contributed by atoms with van der Waals surface area (Å²) in [5, 5.41) is 6.22. The normalized spacial score (nSPS) is 10.4. The lowest BCUT2D eigenvalue weighted by molar-refractivity contribution is 0.102. The van der Waals surface area contributed by atoms with Crippen molar-refractivity contribution in [1.29, 1.82) is 0 Å². The van der Waals surface area contributed by atoms with E-state index >= 15 is 0 Å². The largest absolute Gasteiger partial charge is 0.322 e. The van der Waals surface area contributed by atoms with Crippen molar-refractivity contribution < 1.29 is 4.79 Å². The molecule has 0 radical (unpaired) electrons. The highest BCUT2D eigenvalue weighted by atomic mass is 79.9. The second-order valence-corrected chi connectivity index (χ2v) is 5.77. The van der Waals surface area contributed by atoms with E-state index in [2.05, 4.69) is 33.5 Å². The van der Waals surface area contributed by atoms with E-state index in [4.69, 9.17) is 0 Å². The third-order valence-corrected chi connectivity index (χ3v) is 3.82. The van der Waals surface area contributed by atoms with Crippen molar-refractivity contribution in [3.05, 3.63) is 63.6 Å². The molecule has 2 aromatic carbocycles. The number of aryl methyl sites for hydroxylation is 1. The zero-order chi connectivity index (χ0) is 15.2.